The summed E-state index contributed by atoms with van der Waals surface area (Å²) in [6.07, 6.45) is 1.62. The maximum Gasteiger partial charge on any atom is 0.329 e. The summed E-state index contributed by atoms with van der Waals surface area (Å²) >= 11 is 5.88. The van der Waals surface area contributed by atoms with Gasteiger partial charge in [0.2, 0.25) is 0 Å². The Morgan fingerprint density at radius 3 is 2.23 bits per heavy atom. The van der Waals surface area contributed by atoms with Crippen LogP contribution in [0.15, 0.2) is 78.5 Å². The van der Waals surface area contributed by atoms with Crippen LogP contribution in [0.2, 0.25) is 5.02 Å². The number of nitrogens with zero attached hydrogens (tertiary/aromatic N) is 1. The molecule has 0 aromatic heterocycles. The van der Waals surface area contributed by atoms with E-state index in [0.717, 1.165) is 21.6 Å². The Hall–Kier alpha value is -3.64. The van der Waals surface area contributed by atoms with Gasteiger partial charge in [0.05, 0.1) is 6.54 Å². The van der Waals surface area contributed by atoms with E-state index in [9.17, 15) is 14.0 Å². The second-order valence-electron chi connectivity index (χ2n) is 6.99. The first-order valence-electron chi connectivity index (χ1n) is 9.54. The van der Waals surface area contributed by atoms with Crippen molar-refractivity contribution in [3.05, 3.63) is 106 Å². The first-order chi connectivity index (χ1) is 15.0. The highest BCUT2D eigenvalue weighted by Gasteiger charge is 2.33. The first kappa shape index (κ1) is 20.6. The van der Waals surface area contributed by atoms with Crippen molar-refractivity contribution in [3.8, 4) is 5.75 Å². The molecule has 0 unspecified atom stereocenters. The van der Waals surface area contributed by atoms with Gasteiger partial charge >= 0.3 is 6.03 Å². The molecule has 1 saturated heterocycles. The molecule has 1 aliphatic heterocycles. The van der Waals surface area contributed by atoms with Gasteiger partial charge in [-0.1, -0.05) is 48.0 Å². The molecule has 3 aromatic rings. The van der Waals surface area contributed by atoms with Crippen LogP contribution in [0.1, 0.15) is 16.7 Å². The number of urea groups is 1. The summed E-state index contributed by atoms with van der Waals surface area (Å²) in [6.45, 7) is 0.476. The highest BCUT2D eigenvalue weighted by Crippen LogP contribution is 2.20. The number of rotatable bonds is 6. The third kappa shape index (κ3) is 5.10. The normalized spacial score (nSPS) is 14.8. The Morgan fingerprint density at radius 2 is 1.55 bits per heavy atom. The van der Waals surface area contributed by atoms with Gasteiger partial charge in [0.1, 0.15) is 23.9 Å². The van der Waals surface area contributed by atoms with E-state index in [4.69, 9.17) is 16.3 Å². The molecule has 3 aromatic carbocycles. The van der Waals surface area contributed by atoms with Crippen LogP contribution in [0.25, 0.3) is 6.08 Å². The fraction of sp³-hybridized carbons (Fsp3) is 0.0833. The van der Waals surface area contributed by atoms with Crippen molar-refractivity contribution in [2.24, 2.45) is 0 Å². The lowest BCUT2D eigenvalue weighted by atomic mass is 10.1. The number of amides is 3. The molecular weight excluding hydrogens is 419 g/mol. The molecule has 7 heteroatoms. The van der Waals surface area contributed by atoms with Crippen molar-refractivity contribution in [1.29, 1.82) is 0 Å². The van der Waals surface area contributed by atoms with E-state index in [1.165, 1.54) is 12.1 Å². The monoisotopic (exact) mass is 436 g/mol. The fourth-order valence-corrected chi connectivity index (χ4v) is 3.19. The zero-order chi connectivity index (χ0) is 21.8. The Kier molecular flexibility index (Phi) is 6.00. The molecule has 31 heavy (non-hydrogen) atoms. The highest BCUT2D eigenvalue weighted by atomic mass is 35.5. The molecule has 1 aliphatic rings. The molecule has 1 fully saturated rings. The van der Waals surface area contributed by atoms with Gasteiger partial charge in [-0.3, -0.25) is 9.69 Å². The minimum atomic E-state index is -0.467. The van der Waals surface area contributed by atoms with Gasteiger partial charge < -0.3 is 10.1 Å². The number of carbonyl (C=O) groups excluding carboxylic acids is 2. The molecule has 1 N–H and O–H groups in total. The number of benzene rings is 3. The van der Waals surface area contributed by atoms with E-state index in [1.807, 2.05) is 0 Å². The SMILES string of the molecule is O=C1N/C(=C\c2ccc(OCc3ccc(F)cc3)cc2)C(=O)N1Cc1ccc(Cl)cc1. The average molecular weight is 437 g/mol. The lowest BCUT2D eigenvalue weighted by molar-refractivity contribution is -0.123. The molecular formula is C24H18ClFN2O3. The van der Waals surface area contributed by atoms with Gasteiger partial charge in [0, 0.05) is 5.02 Å². The molecule has 0 aliphatic carbocycles. The Balaban J connectivity index is 1.39. The van der Waals surface area contributed by atoms with E-state index >= 15 is 0 Å². The molecule has 0 bridgehead atoms. The van der Waals surface area contributed by atoms with Gasteiger partial charge in [-0.05, 0) is 59.2 Å². The van der Waals surface area contributed by atoms with E-state index in [1.54, 1.807) is 66.7 Å². The molecule has 3 amide bonds. The lowest BCUT2D eigenvalue weighted by Gasteiger charge is -2.11. The van der Waals surface area contributed by atoms with E-state index in [-0.39, 0.29) is 18.1 Å². The molecule has 0 atom stereocenters. The summed E-state index contributed by atoms with van der Waals surface area (Å²) in [4.78, 5) is 26.0. The minimum absolute atomic E-state index is 0.162. The van der Waals surface area contributed by atoms with Crippen molar-refractivity contribution in [2.45, 2.75) is 13.2 Å². The molecule has 0 radical (unpaired) electrons. The van der Waals surface area contributed by atoms with Gasteiger partial charge in [-0.15, -0.1) is 0 Å². The van der Waals surface area contributed by atoms with Gasteiger partial charge in [0.15, 0.2) is 0 Å². The van der Waals surface area contributed by atoms with Crippen LogP contribution >= 0.6 is 11.6 Å². The number of halogens is 2. The van der Waals surface area contributed by atoms with E-state index in [2.05, 4.69) is 5.32 Å². The van der Waals surface area contributed by atoms with Crippen LogP contribution in [-0.4, -0.2) is 16.8 Å². The number of hydrogen-bond acceptors (Lipinski definition) is 3. The number of carbonyl (C=O) groups is 2. The van der Waals surface area contributed by atoms with E-state index < -0.39 is 11.9 Å². The van der Waals surface area contributed by atoms with Crippen LogP contribution < -0.4 is 10.1 Å². The van der Waals surface area contributed by atoms with Crippen LogP contribution in [0.4, 0.5) is 9.18 Å². The predicted octanol–water partition coefficient (Wildman–Crippen LogP) is 5.15. The van der Waals surface area contributed by atoms with Gasteiger partial charge in [0.25, 0.3) is 5.91 Å². The first-order valence-corrected chi connectivity index (χ1v) is 9.92. The zero-order valence-electron chi connectivity index (χ0n) is 16.3. The van der Waals surface area contributed by atoms with Crippen LogP contribution in [-0.2, 0) is 17.9 Å². The quantitative estimate of drug-likeness (QED) is 0.429. The molecule has 0 saturated carbocycles. The summed E-state index contributed by atoms with van der Waals surface area (Å²) in [5, 5.41) is 3.20. The maximum atomic E-state index is 13.0. The summed E-state index contributed by atoms with van der Waals surface area (Å²) in [7, 11) is 0. The Morgan fingerprint density at radius 1 is 0.903 bits per heavy atom. The summed E-state index contributed by atoms with van der Waals surface area (Å²) in [6, 6.07) is 19.7. The van der Waals surface area contributed by atoms with Crippen molar-refractivity contribution >= 4 is 29.6 Å². The summed E-state index contributed by atoms with van der Waals surface area (Å²) in [5.74, 6) is -0.0457. The largest absolute Gasteiger partial charge is 0.489 e. The maximum absolute atomic E-state index is 13.0. The smallest absolute Gasteiger partial charge is 0.329 e. The number of imide groups is 1. The molecule has 0 spiro atoms. The van der Waals surface area contributed by atoms with Gasteiger partial charge in [-0.2, -0.15) is 0 Å². The van der Waals surface area contributed by atoms with E-state index in [0.29, 0.717) is 17.4 Å². The number of hydrogen-bond donors (Lipinski definition) is 1. The third-order valence-electron chi connectivity index (χ3n) is 4.73. The van der Waals surface area contributed by atoms with Crippen molar-refractivity contribution in [2.75, 3.05) is 0 Å². The predicted molar refractivity (Wildman–Crippen MR) is 116 cm³/mol. The number of ether oxygens (including phenoxy) is 1. The van der Waals surface area contributed by atoms with Crippen LogP contribution in [0.5, 0.6) is 5.75 Å². The van der Waals surface area contributed by atoms with Crippen molar-refractivity contribution < 1.29 is 18.7 Å². The minimum Gasteiger partial charge on any atom is -0.489 e. The molecule has 156 valence electrons. The molecule has 5 nitrogen and oxygen atoms in total. The topological polar surface area (TPSA) is 58.6 Å². The second-order valence-corrected chi connectivity index (χ2v) is 7.43. The van der Waals surface area contributed by atoms with Gasteiger partial charge in [-0.25, -0.2) is 9.18 Å². The third-order valence-corrected chi connectivity index (χ3v) is 4.98. The van der Waals surface area contributed by atoms with Crippen LogP contribution in [0, 0.1) is 5.82 Å². The summed E-state index contributed by atoms with van der Waals surface area (Å²) in [5.41, 5.74) is 2.61. The Labute approximate surface area is 183 Å². The zero-order valence-corrected chi connectivity index (χ0v) is 17.1. The average Bonchev–Trinajstić information content (AvgIpc) is 3.03. The highest BCUT2D eigenvalue weighted by molar-refractivity contribution is 6.30. The second kappa shape index (κ2) is 9.02. The lowest BCUT2D eigenvalue weighted by Crippen LogP contribution is -2.30. The van der Waals surface area contributed by atoms with Crippen LogP contribution in [0.3, 0.4) is 0 Å². The summed E-state index contributed by atoms with van der Waals surface area (Å²) < 4.78 is 18.6. The van der Waals surface area contributed by atoms with Crippen molar-refractivity contribution in [3.63, 3.8) is 0 Å². The van der Waals surface area contributed by atoms with Crippen molar-refractivity contribution in [1.82, 2.24) is 10.2 Å². The standard InChI is InChI=1S/C24H18ClFN2O3/c25-19-7-1-17(2-8-19)14-28-23(29)22(27-24(28)30)13-16-5-11-21(12-6-16)31-15-18-3-9-20(26)10-4-18/h1-13H,14-15H2,(H,27,30)/b22-13-. The molecule has 1 heterocycles. The fourth-order valence-electron chi connectivity index (χ4n) is 3.06. The Bertz CT molecular complexity index is 1130. The molecule has 4 rings (SSSR count). The number of nitrogens with one attached hydrogen (secondary N) is 1.